The number of aromatic nitrogens is 1. The molecule has 4 rings (SSSR count). The van der Waals surface area contributed by atoms with E-state index in [1.54, 1.807) is 6.20 Å². The van der Waals surface area contributed by atoms with Crippen LogP contribution in [0.5, 0.6) is 5.75 Å². The average molecular weight is 291 g/mol. The number of pyridine rings is 1. The molecule has 0 aromatic carbocycles. The van der Waals surface area contributed by atoms with Gasteiger partial charge in [0.05, 0.1) is 18.8 Å². The molecule has 6 nitrogen and oxygen atoms in total. The summed E-state index contributed by atoms with van der Waals surface area (Å²) in [6.45, 7) is 8.48. The first-order valence-electron chi connectivity index (χ1n) is 7.82. The lowest BCUT2D eigenvalue weighted by Crippen LogP contribution is -2.64. The number of ether oxygens (including phenoxy) is 1. The van der Waals surface area contributed by atoms with Crippen molar-refractivity contribution < 1.29 is 4.74 Å². The fourth-order valence-electron chi connectivity index (χ4n) is 3.31. The van der Waals surface area contributed by atoms with Crippen molar-refractivity contribution >= 4 is 0 Å². The molecule has 3 N–H and O–H groups in total. The second kappa shape index (κ2) is 6.70. The molecule has 1 aromatic heterocycles. The summed E-state index contributed by atoms with van der Waals surface area (Å²) >= 11 is 0. The topological polar surface area (TPSA) is 66.7 Å². The van der Waals surface area contributed by atoms with Crippen molar-refractivity contribution in [2.24, 2.45) is 5.84 Å². The Morgan fingerprint density at radius 3 is 2.81 bits per heavy atom. The van der Waals surface area contributed by atoms with E-state index in [0.29, 0.717) is 6.04 Å². The molecule has 21 heavy (non-hydrogen) atoms. The first kappa shape index (κ1) is 14.7. The van der Waals surface area contributed by atoms with Crippen molar-refractivity contribution in [1.82, 2.24) is 20.2 Å². The molecular formula is C15H25N5O. The first-order chi connectivity index (χ1) is 10.3. The van der Waals surface area contributed by atoms with E-state index in [1.165, 1.54) is 13.1 Å². The highest BCUT2D eigenvalue weighted by Gasteiger charge is 2.37. The molecule has 2 unspecified atom stereocenters. The van der Waals surface area contributed by atoms with Gasteiger partial charge < -0.3 is 4.74 Å². The minimum absolute atomic E-state index is 0.0887. The van der Waals surface area contributed by atoms with E-state index >= 15 is 0 Å². The van der Waals surface area contributed by atoms with Crippen LogP contribution in [-0.4, -0.2) is 60.2 Å². The second-order valence-electron chi connectivity index (χ2n) is 5.85. The van der Waals surface area contributed by atoms with Gasteiger partial charge in [-0.3, -0.25) is 26.1 Å². The summed E-state index contributed by atoms with van der Waals surface area (Å²) in [6.07, 6.45) is 4.65. The van der Waals surface area contributed by atoms with Crippen LogP contribution in [0.4, 0.5) is 0 Å². The molecule has 3 saturated heterocycles. The van der Waals surface area contributed by atoms with Crippen LogP contribution in [-0.2, 0) is 0 Å². The maximum absolute atomic E-state index is 5.85. The van der Waals surface area contributed by atoms with Gasteiger partial charge in [0.25, 0.3) is 0 Å². The van der Waals surface area contributed by atoms with Gasteiger partial charge in [-0.15, -0.1) is 0 Å². The molecule has 0 amide bonds. The molecule has 0 radical (unpaired) electrons. The van der Waals surface area contributed by atoms with E-state index in [1.807, 2.05) is 6.20 Å². The number of hydrazine groups is 1. The fraction of sp³-hybridized carbons (Fsp3) is 0.667. The van der Waals surface area contributed by atoms with E-state index in [4.69, 9.17) is 10.6 Å². The van der Waals surface area contributed by atoms with Gasteiger partial charge in [0, 0.05) is 45.0 Å². The summed E-state index contributed by atoms with van der Waals surface area (Å²) < 4.78 is 5.68. The molecule has 2 bridgehead atoms. The SMILES string of the molecule is CCCOc1cncc(C(NN)C2CN3CCN2CC3)c1. The molecule has 6 heteroatoms. The van der Waals surface area contributed by atoms with Crippen LogP contribution >= 0.6 is 0 Å². The van der Waals surface area contributed by atoms with Crippen molar-refractivity contribution in [3.05, 3.63) is 24.0 Å². The normalized spacial score (nSPS) is 29.3. The van der Waals surface area contributed by atoms with Gasteiger partial charge in [0.1, 0.15) is 5.75 Å². The number of fused-ring (bicyclic) bond motifs is 3. The highest BCUT2D eigenvalue weighted by molar-refractivity contribution is 5.27. The molecule has 3 fully saturated rings. The van der Waals surface area contributed by atoms with E-state index < -0.39 is 0 Å². The molecule has 3 aliphatic heterocycles. The van der Waals surface area contributed by atoms with Gasteiger partial charge >= 0.3 is 0 Å². The quantitative estimate of drug-likeness (QED) is 0.583. The Labute approximate surface area is 126 Å². The molecule has 3 aliphatic rings. The monoisotopic (exact) mass is 291 g/mol. The highest BCUT2D eigenvalue weighted by Crippen LogP contribution is 2.28. The molecular weight excluding hydrogens is 266 g/mol. The third-order valence-electron chi connectivity index (χ3n) is 4.45. The average Bonchev–Trinajstić information content (AvgIpc) is 2.55. The summed E-state index contributed by atoms with van der Waals surface area (Å²) in [5, 5.41) is 0. The number of rotatable bonds is 6. The van der Waals surface area contributed by atoms with Crippen molar-refractivity contribution in [2.75, 3.05) is 39.3 Å². The number of hydrogen-bond acceptors (Lipinski definition) is 6. The number of nitrogens with one attached hydrogen (secondary N) is 1. The Hall–Kier alpha value is -1.21. The molecule has 1 aromatic rings. The van der Waals surface area contributed by atoms with Gasteiger partial charge in [0.2, 0.25) is 0 Å². The van der Waals surface area contributed by atoms with Crippen LogP contribution in [0.1, 0.15) is 24.9 Å². The lowest BCUT2D eigenvalue weighted by atomic mass is 9.95. The predicted octanol–water partition coefficient (Wildman–Crippen LogP) is 0.375. The van der Waals surface area contributed by atoms with Crippen molar-refractivity contribution in [2.45, 2.75) is 25.4 Å². The van der Waals surface area contributed by atoms with Crippen molar-refractivity contribution in [3.8, 4) is 5.75 Å². The number of nitrogens with zero attached hydrogens (tertiary/aromatic N) is 3. The number of hydrogen-bond donors (Lipinski definition) is 2. The van der Waals surface area contributed by atoms with Crippen molar-refractivity contribution in [1.29, 1.82) is 0 Å². The van der Waals surface area contributed by atoms with Crippen LogP contribution in [0.15, 0.2) is 18.5 Å². The zero-order valence-electron chi connectivity index (χ0n) is 12.7. The molecule has 116 valence electrons. The van der Waals surface area contributed by atoms with E-state index in [2.05, 4.69) is 33.2 Å². The molecule has 0 aliphatic carbocycles. The lowest BCUT2D eigenvalue weighted by Gasteiger charge is -2.50. The van der Waals surface area contributed by atoms with Crippen LogP contribution < -0.4 is 16.0 Å². The van der Waals surface area contributed by atoms with Crippen LogP contribution in [0.3, 0.4) is 0 Å². The van der Waals surface area contributed by atoms with Crippen LogP contribution in [0, 0.1) is 0 Å². The van der Waals surface area contributed by atoms with Gasteiger partial charge in [0.15, 0.2) is 0 Å². The second-order valence-corrected chi connectivity index (χ2v) is 5.85. The van der Waals surface area contributed by atoms with Crippen LogP contribution in [0.2, 0.25) is 0 Å². The Kier molecular flexibility index (Phi) is 4.70. The maximum atomic E-state index is 5.85. The van der Waals surface area contributed by atoms with Gasteiger partial charge in [-0.2, -0.15) is 0 Å². The zero-order valence-corrected chi connectivity index (χ0v) is 12.7. The summed E-state index contributed by atoms with van der Waals surface area (Å²) in [5.74, 6) is 6.68. The molecule has 2 atom stereocenters. The summed E-state index contributed by atoms with van der Waals surface area (Å²) in [7, 11) is 0. The van der Waals surface area contributed by atoms with Crippen LogP contribution in [0.25, 0.3) is 0 Å². The Balaban J connectivity index is 1.76. The largest absolute Gasteiger partial charge is 0.492 e. The van der Waals surface area contributed by atoms with E-state index in [0.717, 1.165) is 44.0 Å². The third-order valence-corrected chi connectivity index (χ3v) is 4.45. The highest BCUT2D eigenvalue weighted by atomic mass is 16.5. The zero-order chi connectivity index (χ0) is 14.7. The van der Waals surface area contributed by atoms with Crippen molar-refractivity contribution in [3.63, 3.8) is 0 Å². The Bertz CT molecular complexity index is 461. The summed E-state index contributed by atoms with van der Waals surface area (Å²) in [5.41, 5.74) is 4.09. The minimum Gasteiger partial charge on any atom is -0.492 e. The first-order valence-corrected chi connectivity index (χ1v) is 7.82. The van der Waals surface area contributed by atoms with Gasteiger partial charge in [-0.05, 0) is 18.1 Å². The smallest absolute Gasteiger partial charge is 0.137 e. The number of piperazine rings is 3. The molecule has 0 saturated carbocycles. The molecule has 0 spiro atoms. The van der Waals surface area contributed by atoms with Gasteiger partial charge in [-0.25, -0.2) is 0 Å². The fourth-order valence-corrected chi connectivity index (χ4v) is 3.31. The Morgan fingerprint density at radius 1 is 1.38 bits per heavy atom. The predicted molar refractivity (Wildman–Crippen MR) is 81.9 cm³/mol. The standard InChI is InChI=1S/C15H25N5O/c1-2-7-21-13-8-12(9-17-10-13)15(18-16)14-11-19-3-5-20(14)6-4-19/h8-10,14-15,18H,2-7,11,16H2,1H3. The van der Waals surface area contributed by atoms with E-state index in [-0.39, 0.29) is 6.04 Å². The summed E-state index contributed by atoms with van der Waals surface area (Å²) in [4.78, 5) is 9.36. The Morgan fingerprint density at radius 2 is 2.19 bits per heavy atom. The lowest BCUT2D eigenvalue weighted by molar-refractivity contribution is -0.00377. The van der Waals surface area contributed by atoms with Gasteiger partial charge in [-0.1, -0.05) is 6.92 Å². The maximum Gasteiger partial charge on any atom is 0.137 e. The number of nitrogens with two attached hydrogens (primary N) is 1. The van der Waals surface area contributed by atoms with E-state index in [9.17, 15) is 0 Å². The third kappa shape index (κ3) is 3.18. The minimum atomic E-state index is 0.0887. The molecule has 4 heterocycles. The summed E-state index contributed by atoms with van der Waals surface area (Å²) in [6, 6.07) is 2.55.